The number of hydrogen-bond donors (Lipinski definition) is 1. The van der Waals surface area contributed by atoms with Gasteiger partial charge in [0, 0.05) is 18.8 Å². The largest absolute Gasteiger partial charge is 0.384 e. The van der Waals surface area contributed by atoms with Crippen molar-refractivity contribution in [3.05, 3.63) is 29.3 Å². The third kappa shape index (κ3) is 2.18. The molecule has 1 fully saturated rings. The summed E-state index contributed by atoms with van der Waals surface area (Å²) in [6.07, 6.45) is 3.95. The van der Waals surface area contributed by atoms with Crippen molar-refractivity contribution >= 4 is 18.1 Å². The van der Waals surface area contributed by atoms with E-state index in [1.807, 2.05) is 0 Å². The molecule has 0 saturated carbocycles. The fourth-order valence-electron chi connectivity index (χ4n) is 2.72. The zero-order valence-electron chi connectivity index (χ0n) is 9.54. The average molecular weight is 239 g/mol. The van der Waals surface area contributed by atoms with Crippen molar-refractivity contribution < 1.29 is 0 Å². The number of anilines is 1. The summed E-state index contributed by atoms with van der Waals surface area (Å²) in [4.78, 5) is 2.57. The maximum absolute atomic E-state index is 3.52. The maximum Gasteiger partial charge on any atom is 0.0419 e. The second kappa shape index (κ2) is 5.07. The first-order valence-corrected chi connectivity index (χ1v) is 6.00. The van der Waals surface area contributed by atoms with Gasteiger partial charge in [0.05, 0.1) is 0 Å². The van der Waals surface area contributed by atoms with Gasteiger partial charge in [0.25, 0.3) is 0 Å². The summed E-state index contributed by atoms with van der Waals surface area (Å²) in [5, 5.41) is 3.52. The normalized spacial score (nSPS) is 19.0. The zero-order valence-corrected chi connectivity index (χ0v) is 10.4. The first-order valence-electron chi connectivity index (χ1n) is 6.00. The van der Waals surface area contributed by atoms with E-state index < -0.39 is 0 Å². The molecule has 0 aliphatic carbocycles. The van der Waals surface area contributed by atoms with Crippen LogP contribution in [-0.2, 0) is 13.0 Å². The number of halogens is 1. The summed E-state index contributed by atoms with van der Waals surface area (Å²) in [7, 11) is 0. The molecule has 3 heteroatoms. The summed E-state index contributed by atoms with van der Waals surface area (Å²) < 4.78 is 0. The number of para-hydroxylation sites is 1. The monoisotopic (exact) mass is 238 g/mol. The van der Waals surface area contributed by atoms with Crippen molar-refractivity contribution in [1.29, 1.82) is 0 Å². The zero-order chi connectivity index (χ0) is 10.1. The van der Waals surface area contributed by atoms with Gasteiger partial charge in [-0.05, 0) is 43.5 Å². The molecular weight excluding hydrogens is 220 g/mol. The Labute approximate surface area is 103 Å². The van der Waals surface area contributed by atoms with Gasteiger partial charge >= 0.3 is 0 Å². The second-order valence-electron chi connectivity index (χ2n) is 4.61. The van der Waals surface area contributed by atoms with Crippen LogP contribution in [0.2, 0.25) is 0 Å². The minimum Gasteiger partial charge on any atom is -0.384 e. The number of nitrogens with one attached hydrogen (secondary N) is 1. The predicted molar refractivity (Wildman–Crippen MR) is 70.4 cm³/mol. The van der Waals surface area contributed by atoms with Gasteiger partial charge in [-0.25, -0.2) is 0 Å². The standard InChI is InChI=1S/C13H18N2.ClH/c1-2-9-15(8-1)10-12-5-3-4-11-6-7-14-13(11)12;/h3-5,14H,1-2,6-10H2;1H. The third-order valence-corrected chi connectivity index (χ3v) is 3.53. The molecule has 2 aliphatic rings. The number of benzene rings is 1. The Balaban J connectivity index is 0.000000963. The third-order valence-electron chi connectivity index (χ3n) is 3.53. The van der Waals surface area contributed by atoms with Crippen LogP contribution in [0.4, 0.5) is 5.69 Å². The molecule has 0 unspecified atom stereocenters. The van der Waals surface area contributed by atoms with Gasteiger partial charge in [-0.3, -0.25) is 4.90 Å². The highest BCUT2D eigenvalue weighted by Crippen LogP contribution is 2.28. The molecule has 88 valence electrons. The molecule has 0 amide bonds. The van der Waals surface area contributed by atoms with Crippen molar-refractivity contribution in [2.45, 2.75) is 25.8 Å². The number of nitrogens with zero attached hydrogens (tertiary/aromatic N) is 1. The Morgan fingerprint density at radius 2 is 2.00 bits per heavy atom. The van der Waals surface area contributed by atoms with Gasteiger partial charge < -0.3 is 5.32 Å². The lowest BCUT2D eigenvalue weighted by Crippen LogP contribution is -2.19. The molecule has 2 aliphatic heterocycles. The molecule has 2 nitrogen and oxygen atoms in total. The second-order valence-corrected chi connectivity index (χ2v) is 4.61. The SMILES string of the molecule is Cl.c1cc2c(c(CN3CCCC3)c1)NCC2. The van der Waals surface area contributed by atoms with E-state index >= 15 is 0 Å². The van der Waals surface area contributed by atoms with Gasteiger partial charge in [-0.1, -0.05) is 18.2 Å². The predicted octanol–water partition coefficient (Wildman–Crippen LogP) is 2.67. The topological polar surface area (TPSA) is 15.3 Å². The minimum absolute atomic E-state index is 0. The molecule has 0 radical (unpaired) electrons. The van der Waals surface area contributed by atoms with Crippen molar-refractivity contribution in [3.8, 4) is 0 Å². The van der Waals surface area contributed by atoms with Crippen molar-refractivity contribution in [2.75, 3.05) is 25.0 Å². The lowest BCUT2D eigenvalue weighted by Gasteiger charge is -2.17. The van der Waals surface area contributed by atoms with Gasteiger partial charge in [0.15, 0.2) is 0 Å². The molecule has 1 N–H and O–H groups in total. The van der Waals surface area contributed by atoms with Crippen molar-refractivity contribution in [2.24, 2.45) is 0 Å². The Bertz CT molecular complexity index is 359. The molecule has 3 rings (SSSR count). The van der Waals surface area contributed by atoms with Crippen LogP contribution in [-0.4, -0.2) is 24.5 Å². The number of fused-ring (bicyclic) bond motifs is 1. The molecule has 0 bridgehead atoms. The van der Waals surface area contributed by atoms with Crippen LogP contribution in [0.15, 0.2) is 18.2 Å². The molecule has 0 atom stereocenters. The van der Waals surface area contributed by atoms with E-state index in [1.165, 1.54) is 49.2 Å². The van der Waals surface area contributed by atoms with E-state index in [0.717, 1.165) is 13.1 Å². The van der Waals surface area contributed by atoms with Crippen LogP contribution < -0.4 is 5.32 Å². The first kappa shape index (κ1) is 11.7. The van der Waals surface area contributed by atoms with E-state index in [4.69, 9.17) is 0 Å². The Hall–Kier alpha value is -0.730. The number of rotatable bonds is 2. The lowest BCUT2D eigenvalue weighted by atomic mass is 10.1. The summed E-state index contributed by atoms with van der Waals surface area (Å²) in [6.45, 7) is 4.82. The van der Waals surface area contributed by atoms with E-state index in [-0.39, 0.29) is 12.4 Å². The van der Waals surface area contributed by atoms with Crippen LogP contribution >= 0.6 is 12.4 Å². The van der Waals surface area contributed by atoms with E-state index in [9.17, 15) is 0 Å². The van der Waals surface area contributed by atoms with Crippen LogP contribution in [0.3, 0.4) is 0 Å². The fourth-order valence-corrected chi connectivity index (χ4v) is 2.72. The quantitative estimate of drug-likeness (QED) is 0.852. The first-order chi connectivity index (χ1) is 7.43. The molecular formula is C13H19ClN2. The highest BCUT2D eigenvalue weighted by Gasteiger charge is 2.17. The smallest absolute Gasteiger partial charge is 0.0419 e. The van der Waals surface area contributed by atoms with Crippen LogP contribution in [0.25, 0.3) is 0 Å². The molecule has 0 spiro atoms. The summed E-state index contributed by atoms with van der Waals surface area (Å²) in [5.74, 6) is 0. The van der Waals surface area contributed by atoms with Crippen LogP contribution in [0.5, 0.6) is 0 Å². The molecule has 0 aromatic heterocycles. The fraction of sp³-hybridized carbons (Fsp3) is 0.538. The van der Waals surface area contributed by atoms with Crippen molar-refractivity contribution in [1.82, 2.24) is 4.90 Å². The molecule has 1 aromatic carbocycles. The Kier molecular flexibility index (Phi) is 3.72. The highest BCUT2D eigenvalue weighted by molar-refractivity contribution is 5.85. The lowest BCUT2D eigenvalue weighted by molar-refractivity contribution is 0.332. The minimum atomic E-state index is 0. The highest BCUT2D eigenvalue weighted by atomic mass is 35.5. The molecule has 1 aromatic rings. The van der Waals surface area contributed by atoms with Crippen molar-refractivity contribution in [3.63, 3.8) is 0 Å². The van der Waals surface area contributed by atoms with Gasteiger partial charge in [0.1, 0.15) is 0 Å². The van der Waals surface area contributed by atoms with Crippen LogP contribution in [0.1, 0.15) is 24.0 Å². The maximum atomic E-state index is 3.52. The van der Waals surface area contributed by atoms with E-state index in [2.05, 4.69) is 28.4 Å². The average Bonchev–Trinajstić information content (AvgIpc) is 2.87. The Morgan fingerprint density at radius 3 is 2.81 bits per heavy atom. The summed E-state index contributed by atoms with van der Waals surface area (Å²) in [5.41, 5.74) is 4.42. The summed E-state index contributed by atoms with van der Waals surface area (Å²) >= 11 is 0. The van der Waals surface area contributed by atoms with E-state index in [1.54, 1.807) is 0 Å². The van der Waals surface area contributed by atoms with E-state index in [0.29, 0.717) is 0 Å². The van der Waals surface area contributed by atoms with Gasteiger partial charge in [-0.2, -0.15) is 0 Å². The number of likely N-dealkylation sites (tertiary alicyclic amines) is 1. The van der Waals surface area contributed by atoms with Gasteiger partial charge in [0.2, 0.25) is 0 Å². The molecule has 2 heterocycles. The molecule has 16 heavy (non-hydrogen) atoms. The molecule has 1 saturated heterocycles. The summed E-state index contributed by atoms with van der Waals surface area (Å²) in [6, 6.07) is 6.73. The van der Waals surface area contributed by atoms with Gasteiger partial charge in [-0.15, -0.1) is 12.4 Å². The number of hydrogen-bond acceptors (Lipinski definition) is 2. The van der Waals surface area contributed by atoms with Crippen LogP contribution in [0, 0.1) is 0 Å². The Morgan fingerprint density at radius 1 is 1.19 bits per heavy atom.